The zero-order valence-corrected chi connectivity index (χ0v) is 18.6. The molecule has 1 atom stereocenters. The van der Waals surface area contributed by atoms with Crippen molar-refractivity contribution in [3.63, 3.8) is 0 Å². The lowest BCUT2D eigenvalue weighted by atomic mass is 10.0. The highest BCUT2D eigenvalue weighted by Crippen LogP contribution is 2.28. The van der Waals surface area contributed by atoms with Crippen LogP contribution in [0.3, 0.4) is 0 Å². The first kappa shape index (κ1) is 21.7. The molecule has 1 unspecified atom stereocenters. The molecular formula is C22H31FN4OS. The van der Waals surface area contributed by atoms with Crippen molar-refractivity contribution >= 4 is 22.9 Å². The van der Waals surface area contributed by atoms with Crippen LogP contribution >= 0.6 is 11.3 Å². The predicted molar refractivity (Wildman–Crippen MR) is 117 cm³/mol. The Morgan fingerprint density at radius 1 is 1.24 bits per heavy atom. The van der Waals surface area contributed by atoms with Crippen molar-refractivity contribution in [2.24, 2.45) is 0 Å². The maximum Gasteiger partial charge on any atom is 0.226 e. The quantitative estimate of drug-likeness (QED) is 0.739. The highest BCUT2D eigenvalue weighted by Gasteiger charge is 2.22. The number of nitrogens with one attached hydrogen (secondary N) is 1. The lowest BCUT2D eigenvalue weighted by Crippen LogP contribution is -2.46. The summed E-state index contributed by atoms with van der Waals surface area (Å²) < 4.78 is 14.0. The Morgan fingerprint density at radius 2 is 1.97 bits per heavy atom. The zero-order chi connectivity index (χ0) is 21.0. The van der Waals surface area contributed by atoms with Gasteiger partial charge in [-0.25, -0.2) is 9.37 Å². The zero-order valence-electron chi connectivity index (χ0n) is 17.7. The Balaban J connectivity index is 1.68. The highest BCUT2D eigenvalue weighted by atomic mass is 32.1. The Hall–Kier alpha value is -1.99. The molecule has 0 saturated carbocycles. The second-order valence-electron chi connectivity index (χ2n) is 7.92. The molecule has 1 aliphatic heterocycles. The van der Waals surface area contributed by atoms with Crippen LogP contribution in [-0.4, -0.2) is 48.5 Å². The van der Waals surface area contributed by atoms with Crippen molar-refractivity contribution in [3.8, 4) is 0 Å². The van der Waals surface area contributed by atoms with Crippen molar-refractivity contribution in [1.82, 2.24) is 15.2 Å². The summed E-state index contributed by atoms with van der Waals surface area (Å²) in [5, 5.41) is 6.02. The first-order valence-corrected chi connectivity index (χ1v) is 11.3. The average molecular weight is 419 g/mol. The molecule has 0 radical (unpaired) electrons. The topological polar surface area (TPSA) is 48.5 Å². The maximum absolute atomic E-state index is 14.0. The van der Waals surface area contributed by atoms with Gasteiger partial charge in [-0.3, -0.25) is 4.79 Å². The van der Waals surface area contributed by atoms with E-state index in [1.807, 2.05) is 18.4 Å². The van der Waals surface area contributed by atoms with Crippen LogP contribution in [-0.2, 0) is 11.2 Å². The molecule has 1 N–H and O–H groups in total. The molecule has 0 bridgehead atoms. The molecule has 2 heterocycles. The number of nitrogens with zero attached hydrogens (tertiary/aromatic N) is 3. The lowest BCUT2D eigenvalue weighted by Gasteiger charge is -2.37. The number of carbonyl (C=O) groups is 1. The second-order valence-corrected chi connectivity index (χ2v) is 8.81. The number of benzene rings is 1. The van der Waals surface area contributed by atoms with Gasteiger partial charge in [-0.1, -0.05) is 20.8 Å². The summed E-state index contributed by atoms with van der Waals surface area (Å²) in [5.41, 5.74) is 2.62. The van der Waals surface area contributed by atoms with Crippen molar-refractivity contribution in [3.05, 3.63) is 45.7 Å². The van der Waals surface area contributed by atoms with Gasteiger partial charge in [-0.05, 0) is 31.7 Å². The van der Waals surface area contributed by atoms with Crippen LogP contribution in [0.4, 0.5) is 10.1 Å². The van der Waals surface area contributed by atoms with E-state index in [1.54, 1.807) is 17.4 Å². The van der Waals surface area contributed by atoms with E-state index in [0.29, 0.717) is 5.92 Å². The van der Waals surface area contributed by atoms with Gasteiger partial charge in [0.15, 0.2) is 0 Å². The van der Waals surface area contributed by atoms with Crippen LogP contribution in [0.1, 0.15) is 55.9 Å². The van der Waals surface area contributed by atoms with Crippen LogP contribution in [0.2, 0.25) is 0 Å². The molecule has 1 saturated heterocycles. The number of aromatic nitrogens is 1. The Bertz CT molecular complexity index is 830. The van der Waals surface area contributed by atoms with Crippen LogP contribution in [0, 0.1) is 5.82 Å². The third-order valence-electron chi connectivity index (χ3n) is 5.40. The molecule has 1 aromatic carbocycles. The van der Waals surface area contributed by atoms with Gasteiger partial charge < -0.3 is 15.1 Å². The summed E-state index contributed by atoms with van der Waals surface area (Å²) >= 11 is 1.59. The fourth-order valence-electron chi connectivity index (χ4n) is 3.67. The third kappa shape index (κ3) is 5.54. The van der Waals surface area contributed by atoms with Gasteiger partial charge in [-0.15, -0.1) is 11.3 Å². The molecule has 29 heavy (non-hydrogen) atoms. The molecule has 3 rings (SSSR count). The SMILES string of the molecule is CCN1CCN(c2ccc(F)cc2C(C)NC(=O)Cc2csc(C(C)C)n2)CC1. The smallest absolute Gasteiger partial charge is 0.226 e. The largest absolute Gasteiger partial charge is 0.369 e. The Labute approximate surface area is 176 Å². The van der Waals surface area contributed by atoms with Crippen LogP contribution in [0.5, 0.6) is 0 Å². The van der Waals surface area contributed by atoms with E-state index in [9.17, 15) is 9.18 Å². The molecule has 2 aromatic rings. The fraction of sp³-hybridized carbons (Fsp3) is 0.545. The predicted octanol–water partition coefficient (Wildman–Crippen LogP) is 3.97. The van der Waals surface area contributed by atoms with E-state index in [0.717, 1.165) is 54.7 Å². The molecule has 7 heteroatoms. The van der Waals surface area contributed by atoms with Crippen LogP contribution in [0.25, 0.3) is 0 Å². The summed E-state index contributed by atoms with van der Waals surface area (Å²) in [6.07, 6.45) is 0.243. The number of anilines is 1. The summed E-state index contributed by atoms with van der Waals surface area (Å²) in [7, 11) is 0. The number of carbonyl (C=O) groups excluding carboxylic acids is 1. The number of hydrogen-bond donors (Lipinski definition) is 1. The number of hydrogen-bond acceptors (Lipinski definition) is 5. The summed E-state index contributed by atoms with van der Waals surface area (Å²) in [5.74, 6) is -0.0130. The normalized spacial score (nSPS) is 16.3. The minimum atomic E-state index is -0.280. The van der Waals surface area contributed by atoms with E-state index in [2.05, 4.69) is 40.9 Å². The van der Waals surface area contributed by atoms with Crippen molar-refractivity contribution in [1.29, 1.82) is 0 Å². The summed E-state index contributed by atoms with van der Waals surface area (Å²) in [6.45, 7) is 13.1. The van der Waals surface area contributed by atoms with Gasteiger partial charge in [0.2, 0.25) is 5.91 Å². The van der Waals surface area contributed by atoms with E-state index in [4.69, 9.17) is 0 Å². The molecular weight excluding hydrogens is 387 g/mol. The number of amides is 1. The minimum absolute atomic E-state index is 0.0934. The number of piperazine rings is 1. The highest BCUT2D eigenvalue weighted by molar-refractivity contribution is 7.09. The van der Waals surface area contributed by atoms with Crippen LogP contribution < -0.4 is 10.2 Å². The van der Waals surface area contributed by atoms with E-state index >= 15 is 0 Å². The summed E-state index contributed by atoms with van der Waals surface area (Å²) in [6, 6.07) is 4.61. The van der Waals surface area contributed by atoms with Gasteiger partial charge in [0.25, 0.3) is 0 Å². The van der Waals surface area contributed by atoms with Crippen LogP contribution in [0.15, 0.2) is 23.6 Å². The first-order valence-electron chi connectivity index (χ1n) is 10.4. The molecule has 5 nitrogen and oxygen atoms in total. The molecule has 1 aromatic heterocycles. The molecule has 1 amide bonds. The van der Waals surface area contributed by atoms with E-state index < -0.39 is 0 Å². The van der Waals surface area contributed by atoms with Gasteiger partial charge in [0.05, 0.1) is 23.2 Å². The maximum atomic E-state index is 14.0. The number of likely N-dealkylation sites (N-methyl/N-ethyl adjacent to an activating group) is 1. The number of thiazole rings is 1. The van der Waals surface area contributed by atoms with Crippen molar-refractivity contribution < 1.29 is 9.18 Å². The fourth-order valence-corrected chi connectivity index (χ4v) is 4.50. The standard InChI is InChI=1S/C22H31FN4OS/c1-5-26-8-10-27(11-9-26)20-7-6-17(23)12-19(20)16(4)24-21(28)13-18-14-29-22(25-18)15(2)3/h6-7,12,14-16H,5,8-11,13H2,1-4H3,(H,24,28). The first-order chi connectivity index (χ1) is 13.9. The van der Waals surface area contributed by atoms with Gasteiger partial charge in [-0.2, -0.15) is 0 Å². The molecule has 1 fully saturated rings. The molecule has 158 valence electrons. The average Bonchev–Trinajstić information content (AvgIpc) is 3.16. The Morgan fingerprint density at radius 3 is 2.59 bits per heavy atom. The molecule has 0 spiro atoms. The number of halogens is 1. The van der Waals surface area contributed by atoms with Crippen molar-refractivity contribution in [2.75, 3.05) is 37.6 Å². The van der Waals surface area contributed by atoms with Crippen molar-refractivity contribution in [2.45, 2.75) is 46.1 Å². The van der Waals surface area contributed by atoms with E-state index in [-0.39, 0.29) is 24.2 Å². The van der Waals surface area contributed by atoms with Gasteiger partial charge in [0, 0.05) is 48.7 Å². The third-order valence-corrected chi connectivity index (χ3v) is 6.59. The van der Waals surface area contributed by atoms with Gasteiger partial charge in [0.1, 0.15) is 5.82 Å². The Kier molecular flexibility index (Phi) is 7.24. The van der Waals surface area contributed by atoms with Gasteiger partial charge >= 0.3 is 0 Å². The second kappa shape index (κ2) is 9.67. The minimum Gasteiger partial charge on any atom is -0.369 e. The summed E-state index contributed by atoms with van der Waals surface area (Å²) in [4.78, 5) is 21.8. The monoisotopic (exact) mass is 418 g/mol. The van der Waals surface area contributed by atoms with E-state index in [1.165, 1.54) is 6.07 Å². The number of rotatable bonds is 7. The molecule has 0 aliphatic carbocycles. The molecule has 1 aliphatic rings. The lowest BCUT2D eigenvalue weighted by molar-refractivity contribution is -0.121.